The van der Waals surface area contributed by atoms with Gasteiger partial charge in [0.15, 0.2) is 0 Å². The van der Waals surface area contributed by atoms with Crippen molar-refractivity contribution in [2.75, 3.05) is 6.54 Å². The summed E-state index contributed by atoms with van der Waals surface area (Å²) in [6.07, 6.45) is 7.20. The SMILES string of the molecule is CC=CC(=CC)CCN. The van der Waals surface area contributed by atoms with Gasteiger partial charge in [-0.15, -0.1) is 0 Å². The van der Waals surface area contributed by atoms with Gasteiger partial charge < -0.3 is 5.73 Å². The highest BCUT2D eigenvalue weighted by Crippen LogP contribution is 2.00. The van der Waals surface area contributed by atoms with Crippen LogP contribution in [0.3, 0.4) is 0 Å². The van der Waals surface area contributed by atoms with E-state index in [0.29, 0.717) is 0 Å². The fourth-order valence-corrected chi connectivity index (χ4v) is 0.705. The van der Waals surface area contributed by atoms with E-state index in [4.69, 9.17) is 5.73 Å². The van der Waals surface area contributed by atoms with Crippen LogP contribution in [0.1, 0.15) is 20.3 Å². The van der Waals surface area contributed by atoms with Crippen LogP contribution < -0.4 is 5.73 Å². The molecule has 0 aromatic heterocycles. The molecule has 0 amide bonds. The van der Waals surface area contributed by atoms with Gasteiger partial charge in [0, 0.05) is 0 Å². The van der Waals surface area contributed by atoms with Crippen LogP contribution in [-0.2, 0) is 0 Å². The second kappa shape index (κ2) is 5.57. The van der Waals surface area contributed by atoms with E-state index in [1.165, 1.54) is 5.57 Å². The van der Waals surface area contributed by atoms with Crippen LogP contribution in [0, 0.1) is 0 Å². The van der Waals surface area contributed by atoms with Gasteiger partial charge in [0.2, 0.25) is 0 Å². The number of hydrogen-bond acceptors (Lipinski definition) is 1. The lowest BCUT2D eigenvalue weighted by Gasteiger charge is -1.94. The fraction of sp³-hybridized carbons (Fsp3) is 0.500. The highest BCUT2D eigenvalue weighted by molar-refractivity contribution is 5.17. The van der Waals surface area contributed by atoms with Crippen LogP contribution in [0.2, 0.25) is 0 Å². The highest BCUT2D eigenvalue weighted by atomic mass is 14.5. The molecule has 0 aliphatic heterocycles. The zero-order valence-corrected chi connectivity index (χ0v) is 6.22. The average Bonchev–Trinajstić information content (AvgIpc) is 1.88. The van der Waals surface area contributed by atoms with Crippen molar-refractivity contribution >= 4 is 0 Å². The van der Waals surface area contributed by atoms with Crippen molar-refractivity contribution in [3.8, 4) is 0 Å². The molecule has 0 radical (unpaired) electrons. The molecule has 1 nitrogen and oxygen atoms in total. The molecule has 0 saturated heterocycles. The lowest BCUT2D eigenvalue weighted by molar-refractivity contribution is 0.970. The molecule has 52 valence electrons. The quantitative estimate of drug-likeness (QED) is 0.572. The summed E-state index contributed by atoms with van der Waals surface area (Å²) in [5.41, 5.74) is 6.68. The second-order valence-electron chi connectivity index (χ2n) is 1.90. The van der Waals surface area contributed by atoms with E-state index in [1.807, 2.05) is 19.9 Å². The van der Waals surface area contributed by atoms with Crippen molar-refractivity contribution in [1.82, 2.24) is 0 Å². The highest BCUT2D eigenvalue weighted by Gasteiger charge is 1.84. The molecule has 0 aliphatic carbocycles. The summed E-state index contributed by atoms with van der Waals surface area (Å²) < 4.78 is 0. The molecule has 0 saturated carbocycles. The Bertz CT molecular complexity index is 112. The summed E-state index contributed by atoms with van der Waals surface area (Å²) in [5, 5.41) is 0. The molecule has 0 atom stereocenters. The molecule has 0 rings (SSSR count). The first-order valence-corrected chi connectivity index (χ1v) is 3.33. The van der Waals surface area contributed by atoms with Crippen LogP contribution in [-0.4, -0.2) is 6.54 Å². The number of rotatable bonds is 3. The summed E-state index contributed by atoms with van der Waals surface area (Å²) in [7, 11) is 0. The topological polar surface area (TPSA) is 26.0 Å². The molecule has 0 heterocycles. The zero-order valence-electron chi connectivity index (χ0n) is 6.22. The summed E-state index contributed by atoms with van der Waals surface area (Å²) in [6.45, 7) is 4.79. The van der Waals surface area contributed by atoms with E-state index in [-0.39, 0.29) is 0 Å². The second-order valence-corrected chi connectivity index (χ2v) is 1.90. The van der Waals surface area contributed by atoms with Crippen LogP contribution in [0.4, 0.5) is 0 Å². The minimum absolute atomic E-state index is 0.740. The Balaban J connectivity index is 3.70. The van der Waals surface area contributed by atoms with Gasteiger partial charge in [0.1, 0.15) is 0 Å². The smallest absolute Gasteiger partial charge is 0.00368 e. The fourth-order valence-electron chi connectivity index (χ4n) is 0.705. The molecule has 0 fully saturated rings. The van der Waals surface area contributed by atoms with Crippen LogP contribution in [0.15, 0.2) is 23.8 Å². The number of nitrogens with two attached hydrogens (primary N) is 1. The molecular formula is C8H15N. The predicted molar refractivity (Wildman–Crippen MR) is 42.2 cm³/mol. The third kappa shape index (κ3) is 3.98. The maximum absolute atomic E-state index is 5.36. The van der Waals surface area contributed by atoms with Crippen molar-refractivity contribution in [3.63, 3.8) is 0 Å². The third-order valence-corrected chi connectivity index (χ3v) is 1.18. The minimum Gasteiger partial charge on any atom is -0.330 e. The molecule has 0 aliphatic rings. The Kier molecular flexibility index (Phi) is 5.23. The lowest BCUT2D eigenvalue weighted by atomic mass is 10.2. The van der Waals surface area contributed by atoms with E-state index in [1.54, 1.807) is 0 Å². The lowest BCUT2D eigenvalue weighted by Crippen LogP contribution is -1.98. The molecule has 1 heteroatoms. The Morgan fingerprint density at radius 1 is 1.44 bits per heavy atom. The maximum Gasteiger partial charge on any atom is -0.00368 e. The number of hydrogen-bond donors (Lipinski definition) is 1. The van der Waals surface area contributed by atoms with E-state index < -0.39 is 0 Å². The first-order chi connectivity index (χ1) is 4.35. The molecule has 0 spiro atoms. The monoisotopic (exact) mass is 125 g/mol. The van der Waals surface area contributed by atoms with E-state index in [9.17, 15) is 0 Å². The van der Waals surface area contributed by atoms with Gasteiger partial charge in [-0.2, -0.15) is 0 Å². The van der Waals surface area contributed by atoms with Gasteiger partial charge in [-0.05, 0) is 26.8 Å². The summed E-state index contributed by atoms with van der Waals surface area (Å²) in [6, 6.07) is 0. The Hall–Kier alpha value is -0.560. The maximum atomic E-state index is 5.36. The Morgan fingerprint density at radius 3 is 2.44 bits per heavy atom. The number of allylic oxidation sites excluding steroid dienone is 3. The van der Waals surface area contributed by atoms with Gasteiger partial charge in [-0.25, -0.2) is 0 Å². The average molecular weight is 125 g/mol. The molecule has 0 aromatic rings. The summed E-state index contributed by atoms with van der Waals surface area (Å²) in [4.78, 5) is 0. The summed E-state index contributed by atoms with van der Waals surface area (Å²) >= 11 is 0. The van der Waals surface area contributed by atoms with Crippen LogP contribution in [0.25, 0.3) is 0 Å². The van der Waals surface area contributed by atoms with Crippen LogP contribution in [0.5, 0.6) is 0 Å². The standard InChI is InChI=1S/C8H15N/c1-3-5-8(4-2)6-7-9/h3-5H,6-7,9H2,1-2H3. The van der Waals surface area contributed by atoms with Gasteiger partial charge in [-0.3, -0.25) is 0 Å². The summed E-state index contributed by atoms with van der Waals surface area (Å²) in [5.74, 6) is 0. The largest absolute Gasteiger partial charge is 0.330 e. The van der Waals surface area contributed by atoms with Gasteiger partial charge in [-0.1, -0.05) is 23.8 Å². The van der Waals surface area contributed by atoms with E-state index in [2.05, 4.69) is 12.2 Å². The molecular weight excluding hydrogens is 110 g/mol. The minimum atomic E-state index is 0.740. The molecule has 0 unspecified atom stereocenters. The zero-order chi connectivity index (χ0) is 7.11. The van der Waals surface area contributed by atoms with Gasteiger partial charge in [0.25, 0.3) is 0 Å². The first-order valence-electron chi connectivity index (χ1n) is 3.33. The predicted octanol–water partition coefficient (Wildman–Crippen LogP) is 1.86. The van der Waals surface area contributed by atoms with Gasteiger partial charge >= 0.3 is 0 Å². The first kappa shape index (κ1) is 8.44. The van der Waals surface area contributed by atoms with Crippen LogP contribution >= 0.6 is 0 Å². The third-order valence-electron chi connectivity index (χ3n) is 1.18. The molecule has 0 aromatic carbocycles. The van der Waals surface area contributed by atoms with Gasteiger partial charge in [0.05, 0.1) is 0 Å². The van der Waals surface area contributed by atoms with E-state index in [0.717, 1.165) is 13.0 Å². The van der Waals surface area contributed by atoms with Crippen molar-refractivity contribution in [2.24, 2.45) is 5.73 Å². The Labute approximate surface area is 57.3 Å². The van der Waals surface area contributed by atoms with E-state index >= 15 is 0 Å². The molecule has 2 N–H and O–H groups in total. The molecule has 9 heavy (non-hydrogen) atoms. The normalized spacial score (nSPS) is 13.0. The molecule has 0 bridgehead atoms. The Morgan fingerprint density at radius 2 is 2.11 bits per heavy atom. The van der Waals surface area contributed by atoms with Crippen molar-refractivity contribution in [1.29, 1.82) is 0 Å². The van der Waals surface area contributed by atoms with Crippen molar-refractivity contribution in [2.45, 2.75) is 20.3 Å². The van der Waals surface area contributed by atoms with Crippen molar-refractivity contribution in [3.05, 3.63) is 23.8 Å². The van der Waals surface area contributed by atoms with Crippen molar-refractivity contribution < 1.29 is 0 Å².